The van der Waals surface area contributed by atoms with Gasteiger partial charge in [-0.1, -0.05) is 51.8 Å². The molecule has 1 N–H and O–H groups in total. The molecule has 28 heavy (non-hydrogen) atoms. The Morgan fingerprint density at radius 2 is 1.57 bits per heavy atom. The molecule has 0 spiro atoms. The molecule has 0 radical (unpaired) electrons. The zero-order chi connectivity index (χ0) is 20.9. The van der Waals surface area contributed by atoms with Crippen LogP contribution in [0.5, 0.6) is 0 Å². The summed E-state index contributed by atoms with van der Waals surface area (Å²) in [6.07, 6.45) is 0.209. The maximum Gasteiger partial charge on any atom is 0.242 e. The molecule has 0 saturated heterocycles. The second kappa shape index (κ2) is 9.57. The van der Waals surface area contributed by atoms with Gasteiger partial charge in [0.2, 0.25) is 11.8 Å². The topological polar surface area (TPSA) is 49.4 Å². The van der Waals surface area contributed by atoms with Crippen molar-refractivity contribution in [1.29, 1.82) is 0 Å². The first-order valence-corrected chi connectivity index (χ1v) is 10.3. The number of carbonyl (C=O) groups excluding carboxylic acids is 2. The van der Waals surface area contributed by atoms with Crippen LogP contribution in [-0.4, -0.2) is 28.3 Å². The summed E-state index contributed by atoms with van der Waals surface area (Å²) in [5.74, 6) is -0.282. The quantitative estimate of drug-likeness (QED) is 0.654. The Kier molecular flexibility index (Phi) is 7.67. The van der Waals surface area contributed by atoms with E-state index in [1.165, 1.54) is 0 Å². The fourth-order valence-electron chi connectivity index (χ4n) is 2.72. The third-order valence-electron chi connectivity index (χ3n) is 4.20. The van der Waals surface area contributed by atoms with Crippen molar-refractivity contribution in [2.24, 2.45) is 0 Å². The Labute approximate surface area is 180 Å². The van der Waals surface area contributed by atoms with E-state index in [9.17, 15) is 9.59 Å². The number of amides is 2. The molecule has 0 heterocycles. The van der Waals surface area contributed by atoms with Crippen LogP contribution in [0, 0.1) is 0 Å². The molecule has 2 amide bonds. The average molecular weight is 466 g/mol. The average Bonchev–Trinajstić information content (AvgIpc) is 2.61. The summed E-state index contributed by atoms with van der Waals surface area (Å²) in [5, 5.41) is 3.59. The van der Waals surface area contributed by atoms with Crippen LogP contribution in [0.15, 0.2) is 53.0 Å². The highest BCUT2D eigenvalue weighted by Crippen LogP contribution is 2.17. The molecule has 0 aliphatic rings. The summed E-state index contributed by atoms with van der Waals surface area (Å²) in [7, 11) is 0. The number of hydrogen-bond donors (Lipinski definition) is 1. The van der Waals surface area contributed by atoms with Gasteiger partial charge in [0.05, 0.1) is 6.42 Å². The molecule has 0 aromatic heterocycles. The monoisotopic (exact) mass is 464 g/mol. The second-order valence-electron chi connectivity index (χ2n) is 7.87. The molecular formula is C22H26BrClN2O2. The molecule has 0 fully saturated rings. The number of carbonyl (C=O) groups is 2. The number of nitrogens with zero attached hydrogens (tertiary/aromatic N) is 1. The summed E-state index contributed by atoms with van der Waals surface area (Å²) in [6.45, 7) is 7.89. The Bertz CT molecular complexity index is 814. The van der Waals surface area contributed by atoms with Crippen molar-refractivity contribution in [1.82, 2.24) is 10.2 Å². The minimum Gasteiger partial charge on any atom is -0.350 e. The smallest absolute Gasteiger partial charge is 0.242 e. The summed E-state index contributed by atoms with van der Waals surface area (Å²) < 4.78 is 0.966. The maximum absolute atomic E-state index is 13.1. The molecule has 0 bridgehead atoms. The first kappa shape index (κ1) is 22.4. The van der Waals surface area contributed by atoms with Crippen LogP contribution in [0.2, 0.25) is 5.02 Å². The molecule has 2 aromatic carbocycles. The van der Waals surface area contributed by atoms with Crippen molar-refractivity contribution in [2.75, 3.05) is 0 Å². The van der Waals surface area contributed by atoms with Crippen LogP contribution in [0.1, 0.15) is 38.8 Å². The zero-order valence-corrected chi connectivity index (χ0v) is 19.0. The highest BCUT2D eigenvalue weighted by molar-refractivity contribution is 9.10. The maximum atomic E-state index is 13.1. The number of rotatable bonds is 6. The lowest BCUT2D eigenvalue weighted by Crippen LogP contribution is -2.52. The van der Waals surface area contributed by atoms with E-state index < -0.39 is 6.04 Å². The summed E-state index contributed by atoms with van der Waals surface area (Å²) in [5.41, 5.74) is 1.45. The Morgan fingerprint density at radius 3 is 2.11 bits per heavy atom. The molecule has 0 aliphatic heterocycles. The van der Waals surface area contributed by atoms with Crippen molar-refractivity contribution < 1.29 is 9.59 Å². The highest BCUT2D eigenvalue weighted by atomic mass is 79.9. The molecule has 2 aromatic rings. The second-order valence-corrected chi connectivity index (χ2v) is 9.22. The zero-order valence-electron chi connectivity index (χ0n) is 16.6. The fourth-order valence-corrected chi connectivity index (χ4v) is 3.11. The van der Waals surface area contributed by atoms with Crippen LogP contribution in [0.3, 0.4) is 0 Å². The van der Waals surface area contributed by atoms with Gasteiger partial charge in [0.25, 0.3) is 0 Å². The molecule has 150 valence electrons. The normalized spacial score (nSPS) is 12.4. The van der Waals surface area contributed by atoms with Gasteiger partial charge in [-0.15, -0.1) is 0 Å². The van der Waals surface area contributed by atoms with E-state index in [0.717, 1.165) is 15.6 Å². The number of nitrogens with one attached hydrogen (secondary N) is 1. The van der Waals surface area contributed by atoms with Crippen LogP contribution in [0.4, 0.5) is 0 Å². The third kappa shape index (κ3) is 6.95. The van der Waals surface area contributed by atoms with Crippen molar-refractivity contribution in [3.63, 3.8) is 0 Å². The van der Waals surface area contributed by atoms with Crippen molar-refractivity contribution in [3.05, 3.63) is 69.2 Å². The minimum atomic E-state index is -0.595. The van der Waals surface area contributed by atoms with E-state index in [1.54, 1.807) is 24.0 Å². The summed E-state index contributed by atoms with van der Waals surface area (Å²) >= 11 is 9.35. The highest BCUT2D eigenvalue weighted by Gasteiger charge is 2.28. The largest absolute Gasteiger partial charge is 0.350 e. The predicted molar refractivity (Wildman–Crippen MR) is 117 cm³/mol. The minimum absolute atomic E-state index is 0.109. The van der Waals surface area contributed by atoms with Gasteiger partial charge in [0, 0.05) is 21.6 Å². The van der Waals surface area contributed by atoms with Gasteiger partial charge in [-0.05, 0) is 63.1 Å². The van der Waals surface area contributed by atoms with E-state index in [1.807, 2.05) is 57.2 Å². The van der Waals surface area contributed by atoms with Crippen molar-refractivity contribution in [3.8, 4) is 0 Å². The molecule has 0 aliphatic carbocycles. The first-order valence-electron chi connectivity index (χ1n) is 9.15. The van der Waals surface area contributed by atoms with Crippen molar-refractivity contribution in [2.45, 2.75) is 52.2 Å². The SMILES string of the molecule is C[C@@H](C(=O)NC(C)(C)C)N(Cc1ccc(Br)cc1)C(=O)Cc1ccc(Cl)cc1. The van der Waals surface area contributed by atoms with Gasteiger partial charge < -0.3 is 10.2 Å². The molecule has 0 saturated carbocycles. The van der Waals surface area contributed by atoms with Gasteiger partial charge in [-0.25, -0.2) is 0 Å². The molecule has 2 rings (SSSR count). The predicted octanol–water partition coefficient (Wildman–Crippen LogP) is 4.98. The Balaban J connectivity index is 2.23. The third-order valence-corrected chi connectivity index (χ3v) is 4.98. The number of halogens is 2. The molecule has 0 unspecified atom stereocenters. The van der Waals surface area contributed by atoms with Crippen LogP contribution >= 0.6 is 27.5 Å². The molecule has 1 atom stereocenters. The molecule has 6 heteroatoms. The van der Waals surface area contributed by atoms with Crippen LogP contribution < -0.4 is 5.32 Å². The van der Waals surface area contributed by atoms with Crippen LogP contribution in [-0.2, 0) is 22.6 Å². The van der Waals surface area contributed by atoms with Gasteiger partial charge in [0.15, 0.2) is 0 Å². The van der Waals surface area contributed by atoms with Gasteiger partial charge in [-0.2, -0.15) is 0 Å². The number of hydrogen-bond acceptors (Lipinski definition) is 2. The standard InChI is InChI=1S/C22H26BrClN2O2/c1-15(21(28)25-22(2,3)4)26(14-17-5-9-18(23)10-6-17)20(27)13-16-7-11-19(24)12-8-16/h5-12,15H,13-14H2,1-4H3,(H,25,28)/t15-/m0/s1. The molecular weight excluding hydrogens is 440 g/mol. The van der Waals surface area contributed by atoms with Crippen molar-refractivity contribution >= 4 is 39.3 Å². The summed E-state index contributed by atoms with van der Waals surface area (Å²) in [6, 6.07) is 14.3. The van der Waals surface area contributed by atoms with E-state index in [0.29, 0.717) is 11.6 Å². The Hall–Kier alpha value is -1.85. The van der Waals surface area contributed by atoms with Crippen LogP contribution in [0.25, 0.3) is 0 Å². The lowest BCUT2D eigenvalue weighted by Gasteiger charge is -2.31. The Morgan fingerprint density at radius 1 is 1.04 bits per heavy atom. The van der Waals surface area contributed by atoms with Gasteiger partial charge in [0.1, 0.15) is 6.04 Å². The van der Waals surface area contributed by atoms with E-state index in [4.69, 9.17) is 11.6 Å². The van der Waals surface area contributed by atoms with E-state index in [-0.39, 0.29) is 23.8 Å². The van der Waals surface area contributed by atoms with Gasteiger partial charge in [-0.3, -0.25) is 9.59 Å². The van der Waals surface area contributed by atoms with E-state index in [2.05, 4.69) is 21.2 Å². The lowest BCUT2D eigenvalue weighted by molar-refractivity contribution is -0.140. The molecule has 4 nitrogen and oxygen atoms in total. The fraction of sp³-hybridized carbons (Fsp3) is 0.364. The number of benzene rings is 2. The first-order chi connectivity index (χ1) is 13.0. The lowest BCUT2D eigenvalue weighted by atomic mass is 10.1. The van der Waals surface area contributed by atoms with E-state index >= 15 is 0 Å². The van der Waals surface area contributed by atoms with Gasteiger partial charge >= 0.3 is 0 Å². The summed E-state index contributed by atoms with van der Waals surface area (Å²) in [4.78, 5) is 27.4.